The second kappa shape index (κ2) is 13.2. The van der Waals surface area contributed by atoms with Crippen molar-refractivity contribution in [3.8, 4) is 11.5 Å². The summed E-state index contributed by atoms with van der Waals surface area (Å²) in [4.78, 5) is 33.0. The van der Waals surface area contributed by atoms with Crippen LogP contribution in [0.4, 0.5) is 10.1 Å². The minimum Gasteiger partial charge on any atom is -0.494 e. The molecule has 1 aliphatic rings. The maximum Gasteiger partial charge on any atom is 0.271 e. The molecular weight excluding hydrogens is 589 g/mol. The van der Waals surface area contributed by atoms with Crippen molar-refractivity contribution in [1.82, 2.24) is 4.57 Å². The van der Waals surface area contributed by atoms with Gasteiger partial charge in [0.15, 0.2) is 4.80 Å². The molecule has 5 aromatic rings. The summed E-state index contributed by atoms with van der Waals surface area (Å²) in [7, 11) is 0. The molecule has 2 heterocycles. The predicted molar refractivity (Wildman–Crippen MR) is 174 cm³/mol. The standard InChI is InChI=1S/C36H30FN3O4S/c1-3-43-29-19-13-26(14-20-29)33-32(34(41)39-28-7-5-4-6-8-28)23(2)38-36-40(33)35(42)31(45-36)21-24-11-17-30(18-12-24)44-22-25-9-15-27(37)16-10-25/h4-21,33H,3,22H2,1-2H3,(H,39,41)/b31-21-/t33-/m1/s1. The third-order valence-electron chi connectivity index (χ3n) is 7.30. The summed E-state index contributed by atoms with van der Waals surface area (Å²) >= 11 is 1.28. The average Bonchev–Trinajstić information content (AvgIpc) is 3.35. The molecule has 7 nitrogen and oxygen atoms in total. The number of aromatic nitrogens is 1. The number of carbonyl (C=O) groups is 1. The number of allylic oxidation sites excluding steroid dienone is 1. The highest BCUT2D eigenvalue weighted by Crippen LogP contribution is 2.32. The zero-order valence-electron chi connectivity index (χ0n) is 24.7. The number of thiazole rings is 1. The lowest BCUT2D eigenvalue weighted by Gasteiger charge is -2.25. The molecule has 0 saturated heterocycles. The number of ether oxygens (including phenoxy) is 2. The van der Waals surface area contributed by atoms with Gasteiger partial charge in [-0.25, -0.2) is 9.38 Å². The second-order valence-corrected chi connectivity index (χ2v) is 11.4. The van der Waals surface area contributed by atoms with Crippen LogP contribution in [0.1, 0.15) is 36.6 Å². The fourth-order valence-electron chi connectivity index (χ4n) is 5.12. The average molecular weight is 620 g/mol. The van der Waals surface area contributed by atoms with Crippen molar-refractivity contribution in [2.45, 2.75) is 26.5 Å². The largest absolute Gasteiger partial charge is 0.494 e. The van der Waals surface area contributed by atoms with Gasteiger partial charge in [0.2, 0.25) is 0 Å². The van der Waals surface area contributed by atoms with E-state index >= 15 is 0 Å². The van der Waals surface area contributed by atoms with Crippen molar-refractivity contribution in [3.05, 3.63) is 157 Å². The van der Waals surface area contributed by atoms with Crippen LogP contribution < -0.4 is 29.7 Å². The van der Waals surface area contributed by atoms with Crippen LogP contribution in [-0.2, 0) is 11.4 Å². The number of halogens is 1. The highest BCUT2D eigenvalue weighted by atomic mass is 32.1. The Balaban J connectivity index is 1.34. The first-order valence-electron chi connectivity index (χ1n) is 14.5. The molecule has 4 aromatic carbocycles. The summed E-state index contributed by atoms with van der Waals surface area (Å²) in [6, 6.07) is 29.5. The molecule has 6 rings (SSSR count). The van der Waals surface area contributed by atoms with Gasteiger partial charge in [-0.3, -0.25) is 14.2 Å². The number of para-hydroxylation sites is 1. The van der Waals surface area contributed by atoms with Crippen LogP contribution in [0, 0.1) is 5.82 Å². The summed E-state index contributed by atoms with van der Waals surface area (Å²) in [5.74, 6) is 0.737. The molecule has 1 amide bonds. The van der Waals surface area contributed by atoms with E-state index in [-0.39, 0.29) is 17.3 Å². The van der Waals surface area contributed by atoms with E-state index in [0.717, 1.165) is 16.7 Å². The van der Waals surface area contributed by atoms with Crippen molar-refractivity contribution in [3.63, 3.8) is 0 Å². The lowest BCUT2D eigenvalue weighted by atomic mass is 9.95. The molecule has 1 aliphatic heterocycles. The van der Waals surface area contributed by atoms with Crippen LogP contribution in [-0.4, -0.2) is 17.1 Å². The summed E-state index contributed by atoms with van der Waals surface area (Å²) in [6.07, 6.45) is 1.81. The smallest absolute Gasteiger partial charge is 0.271 e. The molecule has 0 fully saturated rings. The van der Waals surface area contributed by atoms with Crippen LogP contribution in [0.2, 0.25) is 0 Å². The Morgan fingerprint density at radius 1 is 0.933 bits per heavy atom. The van der Waals surface area contributed by atoms with E-state index in [4.69, 9.17) is 14.5 Å². The fraction of sp³-hybridized carbons (Fsp3) is 0.139. The number of carbonyl (C=O) groups excluding carboxylic acids is 1. The van der Waals surface area contributed by atoms with Crippen LogP contribution in [0.25, 0.3) is 6.08 Å². The van der Waals surface area contributed by atoms with Gasteiger partial charge in [0, 0.05) is 5.69 Å². The predicted octanol–water partition coefficient (Wildman–Crippen LogP) is 5.99. The minimum atomic E-state index is -0.690. The zero-order chi connectivity index (χ0) is 31.3. The third-order valence-corrected chi connectivity index (χ3v) is 8.28. The van der Waals surface area contributed by atoms with Crippen LogP contribution in [0.15, 0.2) is 124 Å². The first-order chi connectivity index (χ1) is 21.9. The first-order valence-corrected chi connectivity index (χ1v) is 15.3. The van der Waals surface area contributed by atoms with E-state index in [1.54, 1.807) is 23.6 Å². The number of nitrogens with one attached hydrogen (secondary N) is 1. The van der Waals surface area contributed by atoms with Crippen molar-refractivity contribution < 1.29 is 18.7 Å². The van der Waals surface area contributed by atoms with Crippen LogP contribution >= 0.6 is 11.3 Å². The molecule has 1 aromatic heterocycles. The number of fused-ring (bicyclic) bond motifs is 1. The van der Waals surface area contributed by atoms with Gasteiger partial charge in [-0.1, -0.05) is 65.9 Å². The Morgan fingerprint density at radius 2 is 1.60 bits per heavy atom. The topological polar surface area (TPSA) is 81.9 Å². The van der Waals surface area contributed by atoms with Gasteiger partial charge in [-0.05, 0) is 85.1 Å². The van der Waals surface area contributed by atoms with Gasteiger partial charge < -0.3 is 14.8 Å². The number of hydrogen-bond acceptors (Lipinski definition) is 6. The van der Waals surface area contributed by atoms with Crippen LogP contribution in [0.5, 0.6) is 11.5 Å². The highest BCUT2D eigenvalue weighted by molar-refractivity contribution is 7.07. The third kappa shape index (κ3) is 6.63. The van der Waals surface area contributed by atoms with Gasteiger partial charge >= 0.3 is 0 Å². The SMILES string of the molecule is CCOc1ccc([C@@H]2C(C(=O)Nc3ccccc3)=C(C)N=c3s/c(=C\c4ccc(OCc5ccc(F)cc5)cc4)c(=O)n32)cc1. The van der Waals surface area contributed by atoms with E-state index in [1.807, 2.05) is 91.9 Å². The molecule has 0 bridgehead atoms. The molecule has 1 N–H and O–H groups in total. The molecular formula is C36H30FN3O4S. The molecule has 9 heteroatoms. The quantitative estimate of drug-likeness (QED) is 0.220. The van der Waals surface area contributed by atoms with Gasteiger partial charge in [-0.15, -0.1) is 0 Å². The first kappa shape index (κ1) is 29.8. The Kier molecular flexibility index (Phi) is 8.70. The number of amides is 1. The van der Waals surface area contributed by atoms with Gasteiger partial charge in [-0.2, -0.15) is 0 Å². The second-order valence-electron chi connectivity index (χ2n) is 10.4. The van der Waals surface area contributed by atoms with Crippen molar-refractivity contribution in [2.24, 2.45) is 4.99 Å². The summed E-state index contributed by atoms with van der Waals surface area (Å²) < 4.78 is 26.7. The minimum absolute atomic E-state index is 0.244. The zero-order valence-corrected chi connectivity index (χ0v) is 25.5. The Hall–Kier alpha value is -5.28. The Morgan fingerprint density at radius 3 is 2.29 bits per heavy atom. The Labute approximate surface area is 263 Å². The molecule has 0 spiro atoms. The lowest BCUT2D eigenvalue weighted by Crippen LogP contribution is -2.40. The van der Waals surface area contributed by atoms with E-state index in [2.05, 4.69) is 5.32 Å². The van der Waals surface area contributed by atoms with Crippen molar-refractivity contribution in [1.29, 1.82) is 0 Å². The molecule has 1 atom stereocenters. The van der Waals surface area contributed by atoms with Crippen molar-refractivity contribution >= 4 is 29.0 Å². The number of anilines is 1. The van der Waals surface area contributed by atoms with E-state index < -0.39 is 6.04 Å². The highest BCUT2D eigenvalue weighted by Gasteiger charge is 2.32. The van der Waals surface area contributed by atoms with E-state index in [1.165, 1.54) is 23.5 Å². The monoisotopic (exact) mass is 619 g/mol. The molecule has 0 aliphatic carbocycles. The van der Waals surface area contributed by atoms with E-state index in [9.17, 15) is 14.0 Å². The number of hydrogen-bond donors (Lipinski definition) is 1. The Bertz CT molecular complexity index is 2030. The summed E-state index contributed by atoms with van der Waals surface area (Å²) in [5, 5.41) is 2.97. The molecule has 45 heavy (non-hydrogen) atoms. The molecule has 226 valence electrons. The summed E-state index contributed by atoms with van der Waals surface area (Å²) in [6.45, 7) is 4.55. The van der Waals surface area contributed by atoms with Gasteiger partial charge in [0.1, 0.15) is 23.9 Å². The number of nitrogens with zero attached hydrogens (tertiary/aromatic N) is 2. The fourth-order valence-corrected chi connectivity index (χ4v) is 6.17. The van der Waals surface area contributed by atoms with Crippen molar-refractivity contribution in [2.75, 3.05) is 11.9 Å². The maximum absolute atomic E-state index is 14.0. The van der Waals surface area contributed by atoms with E-state index in [0.29, 0.717) is 51.0 Å². The van der Waals surface area contributed by atoms with Gasteiger partial charge in [0.05, 0.1) is 28.5 Å². The number of rotatable bonds is 9. The molecule has 0 unspecified atom stereocenters. The van der Waals surface area contributed by atoms with Crippen LogP contribution in [0.3, 0.4) is 0 Å². The molecule has 0 radical (unpaired) electrons. The number of benzene rings is 4. The maximum atomic E-state index is 14.0. The normalized spacial score (nSPS) is 14.5. The summed E-state index contributed by atoms with van der Waals surface area (Å²) in [5.41, 5.74) is 3.77. The molecule has 0 saturated carbocycles. The lowest BCUT2D eigenvalue weighted by molar-refractivity contribution is -0.113. The van der Waals surface area contributed by atoms with Gasteiger partial charge in [0.25, 0.3) is 11.5 Å².